The van der Waals surface area contributed by atoms with Crippen LogP contribution in [0, 0.1) is 5.92 Å². The molecule has 1 saturated carbocycles. The maximum atomic E-state index is 13.2. The zero-order chi connectivity index (χ0) is 28.7. The van der Waals surface area contributed by atoms with E-state index in [1.807, 2.05) is 64.8 Å². The standard InChI is InChI=1S/C30H27F3N6O2/c1-18(20-6-4-7-20)34-25-24-26(36-27(35-25)29(40)41)37-28(21-8-5-9-23(16-21)38-14-2-3-15-38)39(24)17-19-10-12-22(13-11-19)30(31,32)33/h2-3,5,8-16,18,20H,4,6-7,17H2,1H3,(H,40,41)(H,34,35,36)/t18-/m1/s1. The summed E-state index contributed by atoms with van der Waals surface area (Å²) in [7, 11) is 0. The van der Waals surface area contributed by atoms with Crippen molar-refractivity contribution in [3.05, 3.63) is 90.0 Å². The van der Waals surface area contributed by atoms with Crippen molar-refractivity contribution in [2.75, 3.05) is 5.32 Å². The van der Waals surface area contributed by atoms with Gasteiger partial charge in [0, 0.05) is 36.2 Å². The van der Waals surface area contributed by atoms with Crippen molar-refractivity contribution in [3.8, 4) is 17.1 Å². The number of fused-ring (bicyclic) bond motifs is 1. The number of halogens is 3. The van der Waals surface area contributed by atoms with Gasteiger partial charge in [-0.2, -0.15) is 13.2 Å². The van der Waals surface area contributed by atoms with Gasteiger partial charge in [0.25, 0.3) is 0 Å². The highest BCUT2D eigenvalue weighted by Gasteiger charge is 2.30. The number of carboxylic acid groups (broad SMARTS) is 1. The lowest BCUT2D eigenvalue weighted by Crippen LogP contribution is -2.31. The Morgan fingerprint density at radius 3 is 2.41 bits per heavy atom. The van der Waals surface area contributed by atoms with E-state index < -0.39 is 17.7 Å². The number of hydrogen-bond donors (Lipinski definition) is 2. The highest BCUT2D eigenvalue weighted by molar-refractivity contribution is 5.92. The lowest BCUT2D eigenvalue weighted by molar-refractivity contribution is -0.137. The summed E-state index contributed by atoms with van der Waals surface area (Å²) < 4.78 is 43.5. The van der Waals surface area contributed by atoms with Crippen LogP contribution in [0.5, 0.6) is 0 Å². The van der Waals surface area contributed by atoms with Crippen molar-refractivity contribution in [2.45, 2.75) is 44.9 Å². The molecule has 210 valence electrons. The average molecular weight is 561 g/mol. The van der Waals surface area contributed by atoms with Crippen molar-refractivity contribution in [2.24, 2.45) is 5.92 Å². The normalized spacial score (nSPS) is 14.6. The molecule has 1 aliphatic carbocycles. The van der Waals surface area contributed by atoms with Crippen LogP contribution in [0.2, 0.25) is 0 Å². The van der Waals surface area contributed by atoms with E-state index in [0.717, 1.165) is 42.6 Å². The molecule has 1 fully saturated rings. The molecule has 0 saturated heterocycles. The van der Waals surface area contributed by atoms with Crippen LogP contribution in [0.1, 0.15) is 47.9 Å². The van der Waals surface area contributed by atoms with Crippen LogP contribution in [-0.4, -0.2) is 41.2 Å². The molecule has 1 aliphatic rings. The maximum Gasteiger partial charge on any atom is 0.416 e. The molecule has 0 spiro atoms. The van der Waals surface area contributed by atoms with E-state index in [1.54, 1.807) is 0 Å². The van der Waals surface area contributed by atoms with E-state index >= 15 is 0 Å². The minimum Gasteiger partial charge on any atom is -0.475 e. The molecule has 0 unspecified atom stereocenters. The SMILES string of the molecule is C[C@@H](Nc1nc(C(=O)O)nc2nc(-c3cccc(-n4cccc4)c3)n(Cc3ccc(C(F)(F)F)cc3)c12)C1CCC1. The molecule has 8 nitrogen and oxygen atoms in total. The van der Waals surface area contributed by atoms with Gasteiger partial charge in [-0.1, -0.05) is 30.7 Å². The molecule has 41 heavy (non-hydrogen) atoms. The largest absolute Gasteiger partial charge is 0.475 e. The van der Waals surface area contributed by atoms with E-state index in [1.165, 1.54) is 12.1 Å². The van der Waals surface area contributed by atoms with Gasteiger partial charge in [0.1, 0.15) is 11.3 Å². The number of nitrogens with zero attached hydrogens (tertiary/aromatic N) is 5. The number of alkyl halides is 3. The second-order valence-electron chi connectivity index (χ2n) is 10.4. The third-order valence-electron chi connectivity index (χ3n) is 7.64. The van der Waals surface area contributed by atoms with E-state index in [4.69, 9.17) is 4.98 Å². The Morgan fingerprint density at radius 1 is 1.05 bits per heavy atom. The Morgan fingerprint density at radius 2 is 1.78 bits per heavy atom. The fraction of sp³-hybridized carbons (Fsp3) is 0.267. The quantitative estimate of drug-likeness (QED) is 0.221. The molecular formula is C30H27F3N6O2. The van der Waals surface area contributed by atoms with Crippen LogP contribution in [0.15, 0.2) is 73.1 Å². The highest BCUT2D eigenvalue weighted by Crippen LogP contribution is 2.35. The number of carbonyl (C=O) groups is 1. The minimum atomic E-state index is -4.44. The monoisotopic (exact) mass is 560 g/mol. The number of nitrogens with one attached hydrogen (secondary N) is 1. The Kier molecular flexibility index (Phi) is 6.72. The van der Waals surface area contributed by atoms with Crippen LogP contribution < -0.4 is 5.32 Å². The van der Waals surface area contributed by atoms with Gasteiger partial charge < -0.3 is 19.6 Å². The van der Waals surface area contributed by atoms with E-state index in [2.05, 4.69) is 15.3 Å². The Bertz CT molecular complexity index is 1710. The molecule has 1 atom stereocenters. The van der Waals surface area contributed by atoms with Crippen LogP contribution >= 0.6 is 0 Å². The number of carboxylic acids is 1. The fourth-order valence-corrected chi connectivity index (χ4v) is 5.17. The molecule has 6 rings (SSSR count). The van der Waals surface area contributed by atoms with Gasteiger partial charge in [-0.05, 0) is 67.6 Å². The minimum absolute atomic E-state index is 0.0263. The zero-order valence-electron chi connectivity index (χ0n) is 22.1. The first kappa shape index (κ1) is 26.5. The topological polar surface area (TPSA) is 97.9 Å². The predicted molar refractivity (Wildman–Crippen MR) is 148 cm³/mol. The molecule has 0 aliphatic heterocycles. The molecule has 2 aromatic carbocycles. The van der Waals surface area contributed by atoms with Gasteiger partial charge in [0.15, 0.2) is 11.5 Å². The van der Waals surface area contributed by atoms with Crippen molar-refractivity contribution in [3.63, 3.8) is 0 Å². The molecular weight excluding hydrogens is 533 g/mol. The van der Waals surface area contributed by atoms with Crippen LogP contribution in [0.3, 0.4) is 0 Å². The summed E-state index contributed by atoms with van der Waals surface area (Å²) in [6, 6.07) is 16.5. The number of anilines is 1. The van der Waals surface area contributed by atoms with Crippen molar-refractivity contribution < 1.29 is 23.1 Å². The zero-order valence-corrected chi connectivity index (χ0v) is 22.1. The summed E-state index contributed by atoms with van der Waals surface area (Å²) in [5, 5.41) is 13.2. The third-order valence-corrected chi connectivity index (χ3v) is 7.64. The van der Waals surface area contributed by atoms with Gasteiger partial charge in [-0.25, -0.2) is 19.7 Å². The van der Waals surface area contributed by atoms with Gasteiger partial charge in [-0.3, -0.25) is 0 Å². The average Bonchev–Trinajstić information content (AvgIpc) is 3.56. The highest BCUT2D eigenvalue weighted by atomic mass is 19.4. The van der Waals surface area contributed by atoms with Gasteiger partial charge in [0.05, 0.1) is 5.56 Å². The number of aromatic carboxylic acids is 1. The number of rotatable bonds is 8. The molecule has 3 aromatic heterocycles. The van der Waals surface area contributed by atoms with Crippen molar-refractivity contribution in [1.29, 1.82) is 0 Å². The summed E-state index contributed by atoms with van der Waals surface area (Å²) in [6.07, 6.45) is 2.66. The van der Waals surface area contributed by atoms with Crippen LogP contribution in [-0.2, 0) is 12.7 Å². The van der Waals surface area contributed by atoms with Crippen LogP contribution in [0.4, 0.5) is 19.0 Å². The lowest BCUT2D eigenvalue weighted by Gasteiger charge is -2.32. The second kappa shape index (κ2) is 10.4. The molecule has 0 bridgehead atoms. The summed E-state index contributed by atoms with van der Waals surface area (Å²) in [5.74, 6) is -0.409. The van der Waals surface area contributed by atoms with E-state index in [9.17, 15) is 23.1 Å². The number of imidazole rings is 1. The van der Waals surface area contributed by atoms with Crippen molar-refractivity contribution in [1.82, 2.24) is 24.1 Å². The number of hydrogen-bond acceptors (Lipinski definition) is 5. The van der Waals surface area contributed by atoms with Crippen LogP contribution in [0.25, 0.3) is 28.2 Å². The molecule has 0 radical (unpaired) electrons. The first-order valence-corrected chi connectivity index (χ1v) is 13.4. The Balaban J connectivity index is 1.52. The smallest absolute Gasteiger partial charge is 0.416 e. The molecule has 11 heteroatoms. The molecule has 0 amide bonds. The summed E-state index contributed by atoms with van der Waals surface area (Å²) in [4.78, 5) is 25.3. The number of aromatic nitrogens is 5. The summed E-state index contributed by atoms with van der Waals surface area (Å²) in [5.41, 5.74) is 2.17. The summed E-state index contributed by atoms with van der Waals surface area (Å²) in [6.45, 7) is 2.20. The van der Waals surface area contributed by atoms with Gasteiger partial charge >= 0.3 is 12.1 Å². The Hall–Kier alpha value is -4.67. The van der Waals surface area contributed by atoms with Crippen molar-refractivity contribution >= 4 is 23.0 Å². The number of benzene rings is 2. The lowest BCUT2D eigenvalue weighted by atomic mass is 9.80. The van der Waals surface area contributed by atoms with Gasteiger partial charge in [0.2, 0.25) is 5.82 Å². The molecule has 5 aromatic rings. The first-order valence-electron chi connectivity index (χ1n) is 13.4. The fourth-order valence-electron chi connectivity index (χ4n) is 5.17. The second-order valence-corrected chi connectivity index (χ2v) is 10.4. The predicted octanol–water partition coefficient (Wildman–Crippen LogP) is 6.65. The first-order chi connectivity index (χ1) is 19.7. The van der Waals surface area contributed by atoms with E-state index in [-0.39, 0.29) is 24.1 Å². The molecule has 2 N–H and O–H groups in total. The molecule has 3 heterocycles. The Labute approximate surface area is 233 Å². The maximum absolute atomic E-state index is 13.2. The third kappa shape index (κ3) is 5.27. The van der Waals surface area contributed by atoms with Gasteiger partial charge in [-0.15, -0.1) is 0 Å². The van der Waals surface area contributed by atoms with E-state index in [0.29, 0.717) is 28.6 Å². The summed E-state index contributed by atoms with van der Waals surface area (Å²) >= 11 is 0.